The van der Waals surface area contributed by atoms with Gasteiger partial charge in [0.05, 0.1) is 24.5 Å². The summed E-state index contributed by atoms with van der Waals surface area (Å²) >= 11 is 6.59. The number of hydrogen-bond donors (Lipinski definition) is 2. The second kappa shape index (κ2) is 10.1. The molecule has 2 saturated heterocycles. The molecule has 0 spiro atoms. The maximum Gasteiger partial charge on any atom is 0.409 e. The molecule has 2 unspecified atom stereocenters. The fourth-order valence-electron chi connectivity index (χ4n) is 5.19. The molecule has 2 N–H and O–H groups in total. The van der Waals surface area contributed by atoms with E-state index in [0.717, 1.165) is 11.1 Å². The molecule has 0 radical (unpaired) electrons. The molecule has 3 aliphatic rings. The first kappa shape index (κ1) is 26.5. The van der Waals surface area contributed by atoms with E-state index in [2.05, 4.69) is 5.32 Å². The molecule has 4 rings (SSSR count). The molecule has 2 amide bonds. The van der Waals surface area contributed by atoms with Gasteiger partial charge in [-0.05, 0) is 44.4 Å². The number of ether oxygens (including phenoxy) is 3. The monoisotopic (exact) mass is 518 g/mol. The number of anilines is 1. The molecular formula is C27H35ClN2O6. The van der Waals surface area contributed by atoms with Crippen molar-refractivity contribution in [3.63, 3.8) is 0 Å². The van der Waals surface area contributed by atoms with E-state index in [0.29, 0.717) is 29.3 Å². The van der Waals surface area contributed by atoms with E-state index >= 15 is 0 Å². The Labute approximate surface area is 217 Å². The van der Waals surface area contributed by atoms with Crippen LogP contribution in [0.1, 0.15) is 52.0 Å². The SMILES string of the molecule is COc1cc2cc(c1Cl)N(C)C(=O)CCC1(C)O[C@H]1[C@H](C)C1C[C@](O)(C/C=C/C=C(\C)C2)NC(=O)O1. The molecule has 2 fully saturated rings. The Morgan fingerprint density at radius 1 is 1.31 bits per heavy atom. The molecule has 5 atom stereocenters. The number of nitrogens with one attached hydrogen (secondary N) is 1. The van der Waals surface area contributed by atoms with Gasteiger partial charge >= 0.3 is 6.09 Å². The number of benzene rings is 1. The highest BCUT2D eigenvalue weighted by atomic mass is 35.5. The Bertz CT molecular complexity index is 1100. The average Bonchev–Trinajstić information content (AvgIpc) is 3.50. The van der Waals surface area contributed by atoms with E-state index in [1.807, 2.05) is 51.1 Å². The number of nitrogens with zero attached hydrogens (tertiary/aromatic N) is 1. The van der Waals surface area contributed by atoms with Gasteiger partial charge in [-0.1, -0.05) is 42.3 Å². The van der Waals surface area contributed by atoms with Crippen LogP contribution in [0.5, 0.6) is 5.75 Å². The van der Waals surface area contributed by atoms with Gasteiger partial charge in [0.25, 0.3) is 0 Å². The van der Waals surface area contributed by atoms with E-state index < -0.39 is 23.5 Å². The van der Waals surface area contributed by atoms with Gasteiger partial charge in [0.1, 0.15) is 22.6 Å². The normalized spacial score (nSPS) is 35.6. The van der Waals surface area contributed by atoms with E-state index in [1.54, 1.807) is 19.1 Å². The van der Waals surface area contributed by atoms with Crippen molar-refractivity contribution in [3.8, 4) is 5.75 Å². The van der Waals surface area contributed by atoms with Gasteiger partial charge in [0.15, 0.2) is 0 Å². The Kier molecular flexibility index (Phi) is 7.42. The maximum atomic E-state index is 13.2. The zero-order chi connectivity index (χ0) is 26.3. The number of methoxy groups -OCH3 is 1. The first-order valence-corrected chi connectivity index (χ1v) is 12.7. The minimum atomic E-state index is -1.40. The highest BCUT2D eigenvalue weighted by Crippen LogP contribution is 2.47. The number of fused-ring (bicyclic) bond motifs is 5. The Balaban J connectivity index is 1.66. The zero-order valence-electron chi connectivity index (χ0n) is 21.5. The Hall–Kier alpha value is -2.55. The van der Waals surface area contributed by atoms with Gasteiger partial charge in [-0.15, -0.1) is 0 Å². The van der Waals surface area contributed by atoms with Crippen molar-refractivity contribution in [2.45, 2.75) is 76.4 Å². The fraction of sp³-hybridized carbons (Fsp3) is 0.556. The molecule has 0 saturated carbocycles. The number of aliphatic hydroxyl groups is 1. The van der Waals surface area contributed by atoms with Crippen LogP contribution in [0.3, 0.4) is 0 Å². The van der Waals surface area contributed by atoms with Crippen LogP contribution >= 0.6 is 11.6 Å². The van der Waals surface area contributed by atoms with Gasteiger partial charge in [0.2, 0.25) is 5.91 Å². The molecule has 1 aromatic carbocycles. The quantitative estimate of drug-likeness (QED) is 0.530. The van der Waals surface area contributed by atoms with Crippen molar-refractivity contribution in [1.82, 2.24) is 5.32 Å². The van der Waals surface area contributed by atoms with Crippen LogP contribution in [0.2, 0.25) is 5.02 Å². The lowest BCUT2D eigenvalue weighted by Gasteiger charge is -2.38. The third-order valence-electron chi connectivity index (χ3n) is 7.46. The molecule has 196 valence electrons. The number of alkyl carbamates (subject to hydrolysis) is 1. The Morgan fingerprint density at radius 2 is 2.06 bits per heavy atom. The van der Waals surface area contributed by atoms with Crippen molar-refractivity contribution < 1.29 is 28.9 Å². The number of halogens is 1. The zero-order valence-corrected chi connectivity index (χ0v) is 22.2. The summed E-state index contributed by atoms with van der Waals surface area (Å²) < 4.78 is 17.0. The van der Waals surface area contributed by atoms with Crippen LogP contribution in [0, 0.1) is 5.92 Å². The number of allylic oxidation sites excluding steroid dienone is 3. The topological polar surface area (TPSA) is 101 Å². The van der Waals surface area contributed by atoms with Crippen LogP contribution in [0.15, 0.2) is 35.9 Å². The smallest absolute Gasteiger partial charge is 0.409 e. The maximum absolute atomic E-state index is 13.2. The standard InChI is InChI=1S/C27H35ClN2O6/c1-16-8-6-7-10-27(33)15-21(35-25(32)29-27)17(2)24-26(3,36-24)11-9-22(31)30(4)19-13-18(12-16)14-20(34-5)23(19)28/h6-8,13-14,17,21,24,33H,9-12,15H2,1-5H3,(H,29,32)/b7-6+,16-8+/t17-,21?,24+,26?,27-/m1/s1. The van der Waals surface area contributed by atoms with Crippen LogP contribution in [0.4, 0.5) is 10.5 Å². The van der Waals surface area contributed by atoms with Gasteiger partial charge in [0, 0.05) is 32.2 Å². The molecule has 1 aromatic rings. The number of hydrogen-bond acceptors (Lipinski definition) is 6. The third kappa shape index (κ3) is 5.56. The number of epoxide rings is 1. The summed E-state index contributed by atoms with van der Waals surface area (Å²) in [6.07, 6.45) is 6.20. The number of carbonyl (C=O) groups is 2. The van der Waals surface area contributed by atoms with Crippen LogP contribution < -0.4 is 15.0 Å². The van der Waals surface area contributed by atoms with Gasteiger partial charge in [-0.3, -0.25) is 10.1 Å². The van der Waals surface area contributed by atoms with Gasteiger partial charge in [-0.25, -0.2) is 4.79 Å². The summed E-state index contributed by atoms with van der Waals surface area (Å²) in [6, 6.07) is 3.79. The number of carbonyl (C=O) groups excluding carboxylic acids is 2. The molecular weight excluding hydrogens is 484 g/mol. The van der Waals surface area contributed by atoms with Crippen LogP contribution in [0.25, 0.3) is 0 Å². The van der Waals surface area contributed by atoms with Crippen molar-refractivity contribution in [1.29, 1.82) is 0 Å². The summed E-state index contributed by atoms with van der Waals surface area (Å²) in [5.41, 5.74) is 0.692. The highest BCUT2D eigenvalue weighted by Gasteiger charge is 2.58. The second-order valence-corrected chi connectivity index (χ2v) is 10.8. The minimum absolute atomic E-state index is 0.0879. The second-order valence-electron chi connectivity index (χ2n) is 10.4. The lowest BCUT2D eigenvalue weighted by molar-refractivity contribution is -0.118. The van der Waals surface area contributed by atoms with Crippen molar-refractivity contribution in [3.05, 3.63) is 46.5 Å². The van der Waals surface area contributed by atoms with Gasteiger partial charge in [-0.2, -0.15) is 0 Å². The first-order valence-electron chi connectivity index (χ1n) is 12.3. The van der Waals surface area contributed by atoms with Crippen molar-refractivity contribution in [2.75, 3.05) is 19.1 Å². The molecule has 4 bridgehead atoms. The molecule has 0 aliphatic carbocycles. The average molecular weight is 519 g/mol. The highest BCUT2D eigenvalue weighted by molar-refractivity contribution is 6.35. The summed E-state index contributed by atoms with van der Waals surface area (Å²) in [4.78, 5) is 27.0. The number of rotatable bonds is 1. The molecule has 0 aromatic heterocycles. The minimum Gasteiger partial charge on any atom is -0.495 e. The largest absolute Gasteiger partial charge is 0.495 e. The van der Waals surface area contributed by atoms with E-state index in [9.17, 15) is 14.7 Å². The lowest BCUT2D eigenvalue weighted by atomic mass is 9.85. The summed E-state index contributed by atoms with van der Waals surface area (Å²) in [5.74, 6) is 0.272. The molecule has 9 heteroatoms. The van der Waals surface area contributed by atoms with Crippen molar-refractivity contribution in [2.24, 2.45) is 5.92 Å². The van der Waals surface area contributed by atoms with E-state index in [4.69, 9.17) is 25.8 Å². The predicted molar refractivity (Wildman–Crippen MR) is 137 cm³/mol. The third-order valence-corrected chi connectivity index (χ3v) is 7.84. The first-order chi connectivity index (χ1) is 16.9. The van der Waals surface area contributed by atoms with Gasteiger partial charge < -0.3 is 24.2 Å². The lowest BCUT2D eigenvalue weighted by Crippen LogP contribution is -2.57. The van der Waals surface area contributed by atoms with Crippen LogP contribution in [-0.4, -0.2) is 54.8 Å². The van der Waals surface area contributed by atoms with Crippen LogP contribution in [-0.2, 0) is 20.7 Å². The molecule has 8 nitrogen and oxygen atoms in total. The van der Waals surface area contributed by atoms with Crippen molar-refractivity contribution >= 4 is 29.3 Å². The molecule has 36 heavy (non-hydrogen) atoms. The Morgan fingerprint density at radius 3 is 2.78 bits per heavy atom. The molecule has 3 aliphatic heterocycles. The summed E-state index contributed by atoms with van der Waals surface area (Å²) in [7, 11) is 3.27. The predicted octanol–water partition coefficient (Wildman–Crippen LogP) is 4.52. The summed E-state index contributed by atoms with van der Waals surface area (Å²) in [5, 5.41) is 14.0. The van der Waals surface area contributed by atoms with E-state index in [-0.39, 0.29) is 37.2 Å². The molecule has 3 heterocycles. The van der Waals surface area contributed by atoms with E-state index in [1.165, 1.54) is 0 Å². The fourth-order valence-corrected chi connectivity index (χ4v) is 5.51. The summed E-state index contributed by atoms with van der Waals surface area (Å²) in [6.45, 7) is 5.92. The number of amides is 2.